The molecule has 0 aliphatic carbocycles. The van der Waals surface area contributed by atoms with Gasteiger partial charge in [0.1, 0.15) is 12.4 Å². The lowest BCUT2D eigenvalue weighted by atomic mass is 10.2. The maximum absolute atomic E-state index is 11.8. The van der Waals surface area contributed by atoms with Crippen molar-refractivity contribution in [1.29, 1.82) is 0 Å². The van der Waals surface area contributed by atoms with Crippen molar-refractivity contribution in [3.63, 3.8) is 0 Å². The molecule has 0 aliphatic heterocycles. The average Bonchev–Trinajstić information content (AvgIpc) is 3.09. The average molecular weight is 398 g/mol. The van der Waals surface area contributed by atoms with Gasteiger partial charge in [-0.1, -0.05) is 11.6 Å². The Morgan fingerprint density at radius 1 is 1.27 bits per heavy atom. The number of carbonyl (C=O) groups excluding carboxylic acids is 2. The van der Waals surface area contributed by atoms with Gasteiger partial charge in [0, 0.05) is 16.8 Å². The Morgan fingerprint density at radius 3 is 2.81 bits per heavy atom. The van der Waals surface area contributed by atoms with Gasteiger partial charge in [-0.05, 0) is 44.0 Å². The fraction of sp³-hybridized carbons (Fsp3) is 0.389. The number of benzene rings is 1. The molecule has 0 radical (unpaired) electrons. The molecule has 1 aromatic carbocycles. The molecule has 0 saturated carbocycles. The monoisotopic (exact) mass is 397 g/mol. The number of thiazole rings is 1. The lowest BCUT2D eigenvalue weighted by molar-refractivity contribution is -0.145. The highest BCUT2D eigenvalue weighted by Crippen LogP contribution is 2.21. The van der Waals surface area contributed by atoms with Gasteiger partial charge in [0.2, 0.25) is 5.01 Å². The van der Waals surface area contributed by atoms with Crippen LogP contribution in [0.1, 0.15) is 40.8 Å². The van der Waals surface area contributed by atoms with Crippen molar-refractivity contribution in [3.8, 4) is 5.75 Å². The Bertz CT molecular complexity index is 762. The molecule has 0 saturated heterocycles. The van der Waals surface area contributed by atoms with Gasteiger partial charge in [-0.15, -0.1) is 11.3 Å². The summed E-state index contributed by atoms with van der Waals surface area (Å²) >= 11 is 7.12. The molecule has 8 heteroatoms. The van der Waals surface area contributed by atoms with Crippen LogP contribution in [0.15, 0.2) is 23.6 Å². The van der Waals surface area contributed by atoms with E-state index < -0.39 is 5.97 Å². The number of ether oxygens (including phenoxy) is 3. The van der Waals surface area contributed by atoms with Crippen LogP contribution in [0.3, 0.4) is 0 Å². The number of hydrogen-bond acceptors (Lipinski definition) is 7. The normalized spacial score (nSPS) is 10.4. The number of rotatable bonds is 9. The maximum atomic E-state index is 11.8. The van der Waals surface area contributed by atoms with Crippen LogP contribution in [0, 0.1) is 6.92 Å². The zero-order chi connectivity index (χ0) is 18.9. The molecule has 26 heavy (non-hydrogen) atoms. The first-order chi connectivity index (χ1) is 12.5. The fourth-order valence-electron chi connectivity index (χ4n) is 2.00. The van der Waals surface area contributed by atoms with Crippen molar-refractivity contribution in [3.05, 3.63) is 44.9 Å². The van der Waals surface area contributed by atoms with Gasteiger partial charge < -0.3 is 14.2 Å². The summed E-state index contributed by atoms with van der Waals surface area (Å²) in [7, 11) is 0. The minimum absolute atomic E-state index is 0.0337. The van der Waals surface area contributed by atoms with Crippen molar-refractivity contribution in [2.24, 2.45) is 0 Å². The second kappa shape index (κ2) is 10.1. The zero-order valence-electron chi connectivity index (χ0n) is 14.6. The van der Waals surface area contributed by atoms with E-state index in [1.165, 1.54) is 0 Å². The van der Waals surface area contributed by atoms with E-state index in [9.17, 15) is 9.59 Å². The molecule has 2 rings (SSSR count). The van der Waals surface area contributed by atoms with E-state index in [0.29, 0.717) is 36.1 Å². The van der Waals surface area contributed by atoms with Crippen LogP contribution in [0.2, 0.25) is 5.02 Å². The number of aromatic nitrogens is 1. The number of hydrogen-bond donors (Lipinski definition) is 0. The second-order valence-electron chi connectivity index (χ2n) is 5.39. The second-order valence-corrected chi connectivity index (χ2v) is 6.65. The number of esters is 2. The topological polar surface area (TPSA) is 74.7 Å². The van der Waals surface area contributed by atoms with Crippen LogP contribution in [0.4, 0.5) is 0 Å². The van der Waals surface area contributed by atoms with Gasteiger partial charge in [0.15, 0.2) is 0 Å². The molecule has 0 amide bonds. The number of halogens is 1. The number of nitrogens with zero attached hydrogens (tertiary/aromatic N) is 1. The van der Waals surface area contributed by atoms with Gasteiger partial charge in [-0.25, -0.2) is 9.78 Å². The molecule has 0 unspecified atom stereocenters. The van der Waals surface area contributed by atoms with E-state index in [1.807, 2.05) is 13.0 Å². The van der Waals surface area contributed by atoms with E-state index in [2.05, 4.69) is 4.98 Å². The third kappa shape index (κ3) is 6.31. The van der Waals surface area contributed by atoms with Gasteiger partial charge in [-0.2, -0.15) is 0 Å². The minimum Gasteiger partial charge on any atom is -0.494 e. The van der Waals surface area contributed by atoms with Crippen molar-refractivity contribution >= 4 is 34.9 Å². The van der Waals surface area contributed by atoms with E-state index in [1.54, 1.807) is 24.4 Å². The highest BCUT2D eigenvalue weighted by Gasteiger charge is 2.13. The first kappa shape index (κ1) is 20.2. The number of aryl methyl sites for hydroxylation is 1. The molecular weight excluding hydrogens is 378 g/mol. The van der Waals surface area contributed by atoms with Crippen LogP contribution in [-0.2, 0) is 20.9 Å². The molecular formula is C18H20ClNO5S. The molecule has 0 fully saturated rings. The van der Waals surface area contributed by atoms with E-state index in [4.69, 9.17) is 25.8 Å². The van der Waals surface area contributed by atoms with Crippen LogP contribution in [0.25, 0.3) is 0 Å². The van der Waals surface area contributed by atoms with Gasteiger partial charge in [0.05, 0.1) is 18.9 Å². The lowest BCUT2D eigenvalue weighted by Gasteiger charge is -2.07. The van der Waals surface area contributed by atoms with Crippen molar-refractivity contribution < 1.29 is 23.8 Å². The molecule has 1 heterocycles. The van der Waals surface area contributed by atoms with E-state index in [-0.39, 0.29) is 24.0 Å². The van der Waals surface area contributed by atoms with Gasteiger partial charge >= 0.3 is 11.9 Å². The summed E-state index contributed by atoms with van der Waals surface area (Å²) in [6.45, 7) is 4.36. The van der Waals surface area contributed by atoms with Gasteiger partial charge in [-0.3, -0.25) is 4.79 Å². The Labute approximate surface area is 161 Å². The molecule has 6 nitrogen and oxygen atoms in total. The summed E-state index contributed by atoms with van der Waals surface area (Å²) in [4.78, 5) is 27.4. The van der Waals surface area contributed by atoms with Crippen LogP contribution in [-0.4, -0.2) is 30.1 Å². The Morgan fingerprint density at radius 2 is 2.08 bits per heavy atom. The predicted molar refractivity (Wildman–Crippen MR) is 98.8 cm³/mol. The molecule has 2 aromatic rings. The zero-order valence-corrected chi connectivity index (χ0v) is 16.2. The summed E-state index contributed by atoms with van der Waals surface area (Å²) < 4.78 is 15.6. The smallest absolute Gasteiger partial charge is 0.367 e. The molecule has 0 bridgehead atoms. The number of carbonyl (C=O) groups is 2. The molecule has 0 spiro atoms. The Kier molecular flexibility index (Phi) is 7.87. The largest absolute Gasteiger partial charge is 0.494 e. The van der Waals surface area contributed by atoms with Crippen LogP contribution in [0.5, 0.6) is 5.75 Å². The maximum Gasteiger partial charge on any atom is 0.367 e. The molecule has 0 aliphatic rings. The van der Waals surface area contributed by atoms with Crippen molar-refractivity contribution in [1.82, 2.24) is 4.98 Å². The van der Waals surface area contributed by atoms with Gasteiger partial charge in [0.25, 0.3) is 0 Å². The molecule has 140 valence electrons. The summed E-state index contributed by atoms with van der Waals surface area (Å²) in [6.07, 6.45) is 0.771. The van der Waals surface area contributed by atoms with Crippen LogP contribution >= 0.6 is 22.9 Å². The van der Waals surface area contributed by atoms with Crippen molar-refractivity contribution in [2.75, 3.05) is 13.2 Å². The lowest BCUT2D eigenvalue weighted by Crippen LogP contribution is -2.08. The summed E-state index contributed by atoms with van der Waals surface area (Å²) in [5, 5.41) is 2.62. The first-order valence-corrected chi connectivity index (χ1v) is 9.41. The molecule has 0 atom stereocenters. The quantitative estimate of drug-likeness (QED) is 0.466. The van der Waals surface area contributed by atoms with E-state index >= 15 is 0 Å². The SMILES string of the molecule is CCOC(=O)c1nc(COC(=O)CCCOc2ccc(Cl)c(C)c2)cs1. The Balaban J connectivity index is 1.66. The van der Waals surface area contributed by atoms with Crippen molar-refractivity contribution in [2.45, 2.75) is 33.3 Å². The standard InChI is InChI=1S/C18H20ClNO5S/c1-3-23-18(22)17-20-13(11-26-17)10-25-16(21)5-4-8-24-14-6-7-15(19)12(2)9-14/h6-7,9,11H,3-5,8,10H2,1-2H3. The summed E-state index contributed by atoms with van der Waals surface area (Å²) in [5.41, 5.74) is 1.47. The fourth-order valence-corrected chi connectivity index (χ4v) is 2.81. The summed E-state index contributed by atoms with van der Waals surface area (Å²) in [6, 6.07) is 5.42. The van der Waals surface area contributed by atoms with Crippen LogP contribution < -0.4 is 4.74 Å². The third-order valence-corrected chi connectivity index (χ3v) is 4.60. The first-order valence-electron chi connectivity index (χ1n) is 8.15. The third-order valence-electron chi connectivity index (χ3n) is 3.31. The highest BCUT2D eigenvalue weighted by atomic mass is 35.5. The summed E-state index contributed by atoms with van der Waals surface area (Å²) in [5.74, 6) is -0.0922. The highest BCUT2D eigenvalue weighted by molar-refractivity contribution is 7.11. The molecule has 1 aromatic heterocycles. The van der Waals surface area contributed by atoms with E-state index in [0.717, 1.165) is 16.9 Å². The molecule has 0 N–H and O–H groups in total. The Hall–Kier alpha value is -2.12. The predicted octanol–water partition coefficient (Wildman–Crippen LogP) is 4.18. The minimum atomic E-state index is -0.468.